The first-order valence-electron chi connectivity index (χ1n) is 9.65. The van der Waals surface area contributed by atoms with Crippen molar-refractivity contribution in [2.75, 3.05) is 6.61 Å². The van der Waals surface area contributed by atoms with Crippen LogP contribution in [0, 0.1) is 0 Å². The Morgan fingerprint density at radius 3 is 2.29 bits per heavy atom. The molecule has 0 saturated carbocycles. The SMILES string of the molecule is CC(=O)OC(/C=C/S(=O)(=O)c1ccccc1)CCCCO[Si](C)(C)C(C)(C)C. The lowest BCUT2D eigenvalue weighted by molar-refractivity contribution is -0.144. The quantitative estimate of drug-likeness (QED) is 0.296. The molecule has 0 bridgehead atoms. The molecule has 1 unspecified atom stereocenters. The first-order valence-corrected chi connectivity index (χ1v) is 14.1. The molecular formula is C21H34O5SSi. The number of rotatable bonds is 10. The first kappa shape index (κ1) is 24.6. The third-order valence-electron chi connectivity index (χ3n) is 5.01. The molecule has 0 aliphatic rings. The number of carbonyl (C=O) groups is 1. The monoisotopic (exact) mass is 426 g/mol. The van der Waals surface area contributed by atoms with Gasteiger partial charge >= 0.3 is 5.97 Å². The number of benzene rings is 1. The number of carbonyl (C=O) groups excluding carboxylic acids is 1. The summed E-state index contributed by atoms with van der Waals surface area (Å²) in [5.74, 6) is -0.427. The maximum absolute atomic E-state index is 12.4. The van der Waals surface area contributed by atoms with Crippen LogP contribution in [0.15, 0.2) is 46.7 Å². The molecule has 0 radical (unpaired) electrons. The predicted octanol–water partition coefficient (Wildman–Crippen LogP) is 5.10. The van der Waals surface area contributed by atoms with E-state index >= 15 is 0 Å². The lowest BCUT2D eigenvalue weighted by Crippen LogP contribution is -2.40. The fourth-order valence-electron chi connectivity index (χ4n) is 2.28. The van der Waals surface area contributed by atoms with Crippen molar-refractivity contribution in [3.05, 3.63) is 41.8 Å². The number of hydrogen-bond acceptors (Lipinski definition) is 5. The summed E-state index contributed by atoms with van der Waals surface area (Å²) in [6.45, 7) is 13.0. The van der Waals surface area contributed by atoms with Crippen LogP contribution >= 0.6 is 0 Å². The summed E-state index contributed by atoms with van der Waals surface area (Å²) >= 11 is 0. The molecule has 5 nitrogen and oxygen atoms in total. The molecule has 0 aliphatic heterocycles. The van der Waals surface area contributed by atoms with E-state index in [1.165, 1.54) is 13.0 Å². The molecule has 0 heterocycles. The number of ether oxygens (including phenoxy) is 1. The van der Waals surface area contributed by atoms with Crippen LogP contribution in [0.5, 0.6) is 0 Å². The zero-order valence-corrected chi connectivity index (χ0v) is 19.7. The van der Waals surface area contributed by atoms with E-state index in [9.17, 15) is 13.2 Å². The number of unbranched alkanes of at least 4 members (excludes halogenated alkanes) is 1. The van der Waals surface area contributed by atoms with E-state index in [1.54, 1.807) is 30.3 Å². The van der Waals surface area contributed by atoms with Crippen molar-refractivity contribution in [2.24, 2.45) is 0 Å². The van der Waals surface area contributed by atoms with Crippen LogP contribution in [0.4, 0.5) is 0 Å². The topological polar surface area (TPSA) is 69.7 Å². The second-order valence-electron chi connectivity index (χ2n) is 8.44. The van der Waals surface area contributed by atoms with E-state index in [2.05, 4.69) is 33.9 Å². The fraction of sp³-hybridized carbons (Fsp3) is 0.571. The molecule has 28 heavy (non-hydrogen) atoms. The average molecular weight is 427 g/mol. The van der Waals surface area contributed by atoms with Crippen LogP contribution in [0.1, 0.15) is 47.0 Å². The van der Waals surface area contributed by atoms with Crippen molar-refractivity contribution in [2.45, 2.75) is 76.1 Å². The average Bonchev–Trinajstić information content (AvgIpc) is 2.58. The maximum Gasteiger partial charge on any atom is 0.303 e. The highest BCUT2D eigenvalue weighted by Crippen LogP contribution is 2.36. The second kappa shape index (κ2) is 10.4. The van der Waals surface area contributed by atoms with Gasteiger partial charge in [0, 0.05) is 18.9 Å². The van der Waals surface area contributed by atoms with Gasteiger partial charge in [-0.05, 0) is 55.6 Å². The molecule has 1 atom stereocenters. The van der Waals surface area contributed by atoms with Crippen LogP contribution in [0.25, 0.3) is 0 Å². The third-order valence-corrected chi connectivity index (χ3v) is 11.0. The van der Waals surface area contributed by atoms with Gasteiger partial charge in [-0.1, -0.05) is 39.0 Å². The van der Waals surface area contributed by atoms with E-state index in [-0.39, 0.29) is 9.93 Å². The third kappa shape index (κ3) is 8.28. The summed E-state index contributed by atoms with van der Waals surface area (Å²) < 4.78 is 36.1. The van der Waals surface area contributed by atoms with Crippen LogP contribution < -0.4 is 0 Å². The Morgan fingerprint density at radius 2 is 1.75 bits per heavy atom. The van der Waals surface area contributed by atoms with Crippen molar-refractivity contribution in [1.82, 2.24) is 0 Å². The zero-order chi connectivity index (χ0) is 21.4. The minimum Gasteiger partial charge on any atom is -0.458 e. The van der Waals surface area contributed by atoms with Crippen LogP contribution in [-0.2, 0) is 23.8 Å². The Balaban J connectivity index is 2.61. The number of esters is 1. The van der Waals surface area contributed by atoms with Gasteiger partial charge in [0.1, 0.15) is 6.10 Å². The fourth-order valence-corrected chi connectivity index (χ4v) is 4.44. The lowest BCUT2D eigenvalue weighted by atomic mass is 10.1. The van der Waals surface area contributed by atoms with E-state index < -0.39 is 30.2 Å². The van der Waals surface area contributed by atoms with Gasteiger partial charge < -0.3 is 9.16 Å². The molecule has 7 heteroatoms. The van der Waals surface area contributed by atoms with Crippen molar-refractivity contribution < 1.29 is 22.4 Å². The van der Waals surface area contributed by atoms with Crippen molar-refractivity contribution >= 4 is 24.1 Å². The molecule has 0 fully saturated rings. The van der Waals surface area contributed by atoms with E-state index in [1.807, 2.05) is 0 Å². The molecule has 0 spiro atoms. The van der Waals surface area contributed by atoms with Gasteiger partial charge in [0.15, 0.2) is 18.2 Å². The molecule has 0 aromatic heterocycles. The summed E-state index contributed by atoms with van der Waals surface area (Å²) in [5.41, 5.74) is 0. The van der Waals surface area contributed by atoms with Gasteiger partial charge in [-0.3, -0.25) is 4.79 Å². The maximum atomic E-state index is 12.4. The summed E-state index contributed by atoms with van der Waals surface area (Å²) in [6, 6.07) is 8.19. The van der Waals surface area contributed by atoms with Gasteiger partial charge in [0.05, 0.1) is 4.90 Å². The number of hydrogen-bond donors (Lipinski definition) is 0. The van der Waals surface area contributed by atoms with Gasteiger partial charge in [-0.15, -0.1) is 0 Å². The molecule has 0 N–H and O–H groups in total. The zero-order valence-electron chi connectivity index (χ0n) is 17.9. The molecule has 1 aromatic rings. The van der Waals surface area contributed by atoms with Crippen LogP contribution in [-0.4, -0.2) is 35.4 Å². The lowest BCUT2D eigenvalue weighted by Gasteiger charge is -2.36. The summed E-state index contributed by atoms with van der Waals surface area (Å²) in [7, 11) is -5.32. The minimum absolute atomic E-state index is 0.168. The van der Waals surface area contributed by atoms with Crippen molar-refractivity contribution in [1.29, 1.82) is 0 Å². The highest BCUT2D eigenvalue weighted by atomic mass is 32.2. The van der Waals surface area contributed by atoms with Crippen LogP contribution in [0.3, 0.4) is 0 Å². The summed E-state index contributed by atoms with van der Waals surface area (Å²) in [5, 5.41) is 1.30. The Morgan fingerprint density at radius 1 is 1.14 bits per heavy atom. The molecule has 1 rings (SSSR count). The van der Waals surface area contributed by atoms with Crippen LogP contribution in [0.2, 0.25) is 18.1 Å². The molecule has 0 aliphatic carbocycles. The number of sulfone groups is 1. The first-order chi connectivity index (χ1) is 12.8. The van der Waals surface area contributed by atoms with Gasteiger partial charge in [-0.2, -0.15) is 0 Å². The van der Waals surface area contributed by atoms with Gasteiger partial charge in [-0.25, -0.2) is 8.42 Å². The summed E-state index contributed by atoms with van der Waals surface area (Å²) in [4.78, 5) is 11.6. The molecule has 158 valence electrons. The molecule has 0 saturated heterocycles. The highest BCUT2D eigenvalue weighted by Gasteiger charge is 2.36. The smallest absolute Gasteiger partial charge is 0.303 e. The largest absolute Gasteiger partial charge is 0.458 e. The predicted molar refractivity (Wildman–Crippen MR) is 115 cm³/mol. The van der Waals surface area contributed by atoms with E-state index in [0.717, 1.165) is 18.2 Å². The normalized spacial score (nSPS) is 14.2. The Kier molecular flexibility index (Phi) is 9.11. The Hall–Kier alpha value is -1.44. The van der Waals surface area contributed by atoms with Crippen molar-refractivity contribution in [3.8, 4) is 0 Å². The molecule has 0 amide bonds. The van der Waals surface area contributed by atoms with Gasteiger partial charge in [0.25, 0.3) is 0 Å². The summed E-state index contributed by atoms with van der Waals surface area (Å²) in [6.07, 6.45) is 3.06. The Bertz CT molecular complexity index is 749. The van der Waals surface area contributed by atoms with Crippen molar-refractivity contribution in [3.63, 3.8) is 0 Å². The molecule has 1 aromatic carbocycles. The standard InChI is InChI=1S/C21H34O5SSi/c1-18(22)26-19(12-10-11-16-25-28(5,6)21(2,3)4)15-17-27(23,24)20-13-8-7-9-14-20/h7-9,13-15,17,19H,10-12,16H2,1-6H3/b17-15+. The molecular weight excluding hydrogens is 392 g/mol. The van der Waals surface area contributed by atoms with Gasteiger partial charge in [0.2, 0.25) is 0 Å². The van der Waals surface area contributed by atoms with E-state index in [4.69, 9.17) is 9.16 Å². The second-order valence-corrected chi connectivity index (χ2v) is 15.1. The van der Waals surface area contributed by atoms with E-state index in [0.29, 0.717) is 13.0 Å². The minimum atomic E-state index is -3.55. The Labute approximate surface area is 171 Å². The highest BCUT2D eigenvalue weighted by molar-refractivity contribution is 7.94.